The number of carbonyl (C=O) groups excluding carboxylic acids is 1. The van der Waals surface area contributed by atoms with Crippen LogP contribution in [0.25, 0.3) is 33.4 Å². The fourth-order valence-electron chi connectivity index (χ4n) is 5.71. The summed E-state index contributed by atoms with van der Waals surface area (Å²) in [5, 5.41) is 1.49. The molecule has 0 spiro atoms. The van der Waals surface area contributed by atoms with E-state index in [2.05, 4.69) is 14.2 Å². The molecule has 11 nitrogen and oxygen atoms in total. The van der Waals surface area contributed by atoms with Gasteiger partial charge in [-0.15, -0.1) is 6.42 Å². The van der Waals surface area contributed by atoms with Gasteiger partial charge in [0.1, 0.15) is 34.6 Å². The number of nitrogens with one attached hydrogen (secondary N) is 1. The Balaban J connectivity index is 1.83. The molecule has 1 aliphatic heterocycles. The van der Waals surface area contributed by atoms with Crippen LogP contribution < -0.4 is 19.6 Å². The van der Waals surface area contributed by atoms with Crippen molar-refractivity contribution in [2.24, 2.45) is 0 Å². The lowest BCUT2D eigenvalue weighted by molar-refractivity contribution is -0.136. The normalized spacial score (nSPS) is 11.8. The number of hydrogen-bond donors (Lipinski definition) is 1. The van der Waals surface area contributed by atoms with Crippen LogP contribution in [0.2, 0.25) is 0 Å². The lowest BCUT2D eigenvalue weighted by atomic mass is 9.93. The lowest BCUT2D eigenvalue weighted by Crippen LogP contribution is -2.29. The van der Waals surface area contributed by atoms with Crippen LogP contribution in [0, 0.1) is 12.3 Å². The van der Waals surface area contributed by atoms with Gasteiger partial charge >= 0.3 is 5.97 Å². The van der Waals surface area contributed by atoms with Gasteiger partial charge in [0, 0.05) is 65.5 Å². The summed E-state index contributed by atoms with van der Waals surface area (Å²) in [6.07, 6.45) is 6.41. The first kappa shape index (κ1) is 36.6. The van der Waals surface area contributed by atoms with E-state index in [1.807, 2.05) is 70.0 Å². The molecule has 13 heteroatoms. The Hall–Kier alpha value is -4.22. The topological polar surface area (TPSA) is 149 Å². The zero-order valence-corrected chi connectivity index (χ0v) is 29.2. The molecule has 2 aliphatic rings. The summed E-state index contributed by atoms with van der Waals surface area (Å²) in [4.78, 5) is 12.2. The predicted molar refractivity (Wildman–Crippen MR) is 185 cm³/mol. The van der Waals surface area contributed by atoms with E-state index in [1.165, 1.54) is 12.1 Å². The van der Waals surface area contributed by atoms with Crippen LogP contribution in [0.1, 0.15) is 47.0 Å². The largest absolute Gasteiger partial charge is 0.744 e. The Morgan fingerprint density at radius 1 is 0.938 bits per heavy atom. The first-order chi connectivity index (χ1) is 22.9. The van der Waals surface area contributed by atoms with Crippen molar-refractivity contribution in [1.29, 1.82) is 0 Å². The lowest BCUT2D eigenvalue weighted by Gasteiger charge is -2.23. The molecule has 0 unspecified atom stereocenters. The molecule has 0 saturated heterocycles. The van der Waals surface area contributed by atoms with Crippen LogP contribution in [-0.2, 0) is 29.7 Å². The Bertz CT molecular complexity index is 2090. The van der Waals surface area contributed by atoms with E-state index in [9.17, 15) is 26.2 Å². The maximum Gasteiger partial charge on any atom is 0.384 e. The highest BCUT2D eigenvalue weighted by Gasteiger charge is 2.25. The number of hydrogen-bond acceptors (Lipinski definition) is 9. The molecule has 2 aromatic rings. The van der Waals surface area contributed by atoms with Crippen molar-refractivity contribution in [3.8, 4) is 34.8 Å². The smallest absolute Gasteiger partial charge is 0.384 e. The van der Waals surface area contributed by atoms with Crippen LogP contribution in [-0.4, -0.2) is 66.7 Å². The molecule has 1 N–H and O–H groups in total. The zero-order chi connectivity index (χ0) is 35.1. The van der Waals surface area contributed by atoms with Gasteiger partial charge in [-0.2, -0.15) is 0 Å². The summed E-state index contributed by atoms with van der Waals surface area (Å²) in [7, 11) is -9.32. The van der Waals surface area contributed by atoms with Crippen LogP contribution in [0.5, 0.6) is 0 Å². The van der Waals surface area contributed by atoms with Crippen molar-refractivity contribution in [3.05, 3.63) is 60.0 Å². The van der Waals surface area contributed by atoms with E-state index in [1.54, 1.807) is 0 Å². The van der Waals surface area contributed by atoms with Crippen molar-refractivity contribution >= 4 is 42.8 Å². The van der Waals surface area contributed by atoms with Crippen molar-refractivity contribution in [2.45, 2.75) is 56.7 Å². The van der Waals surface area contributed by atoms with Gasteiger partial charge in [-0.3, -0.25) is 0 Å². The van der Waals surface area contributed by atoms with Crippen LogP contribution in [0.3, 0.4) is 0 Å². The van der Waals surface area contributed by atoms with E-state index < -0.39 is 31.0 Å². The van der Waals surface area contributed by atoms with E-state index in [4.69, 9.17) is 15.6 Å². The number of fused-ring (bicyclic) bond motifs is 2. The second-order valence-corrected chi connectivity index (χ2v) is 14.1. The molecule has 1 aliphatic carbocycles. The third-order valence-corrected chi connectivity index (χ3v) is 10.5. The summed E-state index contributed by atoms with van der Waals surface area (Å²) in [6.45, 7) is 11.4. The number of nitrogens with zero attached hydrogens (tertiary/aromatic N) is 2. The summed E-state index contributed by atoms with van der Waals surface area (Å²) in [5.74, 6) is 1.57. The Kier molecular flexibility index (Phi) is 12.0. The number of ether oxygens (including phenoxy) is 1. The second kappa shape index (κ2) is 15.8. The van der Waals surface area contributed by atoms with Gasteiger partial charge < -0.3 is 18.6 Å². The highest BCUT2D eigenvalue weighted by atomic mass is 32.2. The molecule has 2 aromatic carbocycles. The molecule has 256 valence electrons. The molecule has 48 heavy (non-hydrogen) atoms. The average molecular weight is 696 g/mol. The molecule has 0 atom stereocenters. The summed E-state index contributed by atoms with van der Waals surface area (Å²) >= 11 is 0. The second-order valence-electron chi connectivity index (χ2n) is 11.0. The van der Waals surface area contributed by atoms with Crippen molar-refractivity contribution < 1.29 is 35.3 Å². The molecule has 1 heterocycles. The molecule has 0 amide bonds. The SMILES string of the molecule is C#CC(=O)OCCCCCNS(=O)(=O)c1ccc(-c2c3ccc(=[N+](CC)CC)cc-3oc3cc(N(CC)CC)ccc23)c(S(=O)(=O)[O-])c1. The number of sulfonamides is 1. The summed E-state index contributed by atoms with van der Waals surface area (Å²) in [5.41, 5.74) is 2.49. The summed E-state index contributed by atoms with van der Waals surface area (Å²) in [6, 6.07) is 14.9. The fourth-order valence-corrected chi connectivity index (χ4v) is 7.60. The molecule has 0 aromatic heterocycles. The average Bonchev–Trinajstić information content (AvgIpc) is 3.07. The molecule has 0 bridgehead atoms. The van der Waals surface area contributed by atoms with Gasteiger partial charge in [0.2, 0.25) is 15.4 Å². The van der Waals surface area contributed by atoms with Crippen LogP contribution in [0.15, 0.2) is 68.8 Å². The van der Waals surface area contributed by atoms with E-state index >= 15 is 0 Å². The molecule has 0 saturated carbocycles. The highest BCUT2D eigenvalue weighted by molar-refractivity contribution is 7.89. The van der Waals surface area contributed by atoms with E-state index in [-0.39, 0.29) is 23.6 Å². The van der Waals surface area contributed by atoms with E-state index in [0.717, 1.165) is 43.3 Å². The summed E-state index contributed by atoms with van der Waals surface area (Å²) < 4.78 is 80.6. The fraction of sp³-hybridized carbons (Fsp3) is 0.371. The van der Waals surface area contributed by atoms with E-state index in [0.29, 0.717) is 47.1 Å². The van der Waals surface area contributed by atoms with Gasteiger partial charge in [-0.1, -0.05) is 6.07 Å². The third kappa shape index (κ3) is 8.25. The minimum atomic E-state index is -5.15. The number of benzene rings is 3. The van der Waals surface area contributed by atoms with Crippen molar-refractivity contribution in [1.82, 2.24) is 9.30 Å². The minimum absolute atomic E-state index is 0.0475. The maximum absolute atomic E-state index is 13.2. The van der Waals surface area contributed by atoms with Gasteiger partial charge in [0.25, 0.3) is 0 Å². The maximum atomic E-state index is 13.2. The highest BCUT2D eigenvalue weighted by Crippen LogP contribution is 2.43. The van der Waals surface area contributed by atoms with Gasteiger partial charge in [0.05, 0.1) is 22.5 Å². The number of rotatable bonds is 15. The standard InChI is InChI=1S/C35H41N3O8S2/c1-6-34(39)45-21-13-11-12-20-36-47(40,41)27-16-19-30(33(24-27)48(42,43)44)35-28-17-14-25(37(7-2)8-3)22-31(28)46-32-23-26(15-18-29(32)35)38(9-4)10-5/h1,14-19,22-24,36H,7-13,20-21H2,2-5H3. The minimum Gasteiger partial charge on any atom is -0.744 e. The Morgan fingerprint density at radius 2 is 1.65 bits per heavy atom. The third-order valence-electron chi connectivity index (χ3n) is 8.21. The predicted octanol–water partition coefficient (Wildman–Crippen LogP) is 4.39. The number of unbranched alkanes of at least 4 members (excludes halogenated alkanes) is 2. The van der Waals surface area contributed by atoms with Crippen molar-refractivity contribution in [2.75, 3.05) is 44.2 Å². The number of esters is 1. The molecular weight excluding hydrogens is 655 g/mol. The molecule has 0 fully saturated rings. The van der Waals surface area contributed by atoms with Crippen molar-refractivity contribution in [3.63, 3.8) is 0 Å². The molecule has 0 radical (unpaired) electrons. The molecule has 4 rings (SSSR count). The van der Waals surface area contributed by atoms with Gasteiger partial charge in [-0.25, -0.2) is 30.9 Å². The van der Waals surface area contributed by atoms with Crippen LogP contribution >= 0.6 is 0 Å². The quantitative estimate of drug-likeness (QED) is 0.0364. The first-order valence-electron chi connectivity index (χ1n) is 15.9. The van der Waals surface area contributed by atoms with Gasteiger partial charge in [0.15, 0.2) is 0 Å². The monoisotopic (exact) mass is 695 g/mol. The molecular formula is C35H41N3O8S2. The Labute approximate surface area is 282 Å². The number of anilines is 1. The number of carbonyl (C=O) groups is 1. The van der Waals surface area contributed by atoms with Crippen LogP contribution in [0.4, 0.5) is 5.69 Å². The zero-order valence-electron chi connectivity index (χ0n) is 27.6. The first-order valence-corrected chi connectivity index (χ1v) is 18.8. The van der Waals surface area contributed by atoms with Gasteiger partial charge in [-0.05, 0) is 77.3 Å². The Morgan fingerprint density at radius 3 is 2.29 bits per heavy atom. The number of terminal acetylenes is 1.